The fraction of sp³-hybridized carbons (Fsp3) is 0.320. The van der Waals surface area contributed by atoms with Crippen LogP contribution in [-0.2, 0) is 19.7 Å². The van der Waals surface area contributed by atoms with Gasteiger partial charge in [0.25, 0.3) is 5.91 Å². The Bertz CT molecular complexity index is 1000. The second-order valence-corrected chi connectivity index (χ2v) is 8.27. The van der Waals surface area contributed by atoms with E-state index in [1.54, 1.807) is 37.3 Å². The summed E-state index contributed by atoms with van der Waals surface area (Å²) in [6.45, 7) is 7.55. The maximum absolute atomic E-state index is 12.6. The lowest BCUT2D eigenvalue weighted by Crippen LogP contribution is -2.23. The molecule has 7 heteroatoms. The summed E-state index contributed by atoms with van der Waals surface area (Å²) >= 11 is 0. The van der Waals surface area contributed by atoms with Crippen molar-refractivity contribution in [3.8, 4) is 11.5 Å². The zero-order chi connectivity index (χ0) is 23.9. The van der Waals surface area contributed by atoms with E-state index in [0.29, 0.717) is 22.6 Å². The second kappa shape index (κ2) is 10.6. The Morgan fingerprint density at radius 1 is 1.03 bits per heavy atom. The molecule has 2 aromatic rings. The molecule has 0 saturated carbocycles. The zero-order valence-electron chi connectivity index (χ0n) is 19.0. The Kier molecular flexibility index (Phi) is 8.18. The smallest absolute Gasteiger partial charge is 0.331 e. The van der Waals surface area contributed by atoms with E-state index in [1.165, 1.54) is 19.3 Å². The molecule has 7 nitrogen and oxygen atoms in total. The van der Waals surface area contributed by atoms with Crippen LogP contribution >= 0.6 is 0 Å². The van der Waals surface area contributed by atoms with Crippen LogP contribution in [0.15, 0.2) is 48.5 Å². The fourth-order valence-corrected chi connectivity index (χ4v) is 2.86. The first-order chi connectivity index (χ1) is 15.0. The number of Topliss-reactive ketones (excluding diaryl/α,β-unsaturated/α-hetero) is 1. The lowest BCUT2D eigenvalue weighted by atomic mass is 9.86. The number of methoxy groups -OCH3 is 1. The number of ether oxygens (including phenoxy) is 3. The summed E-state index contributed by atoms with van der Waals surface area (Å²) in [5.74, 6) is -0.797. The van der Waals surface area contributed by atoms with Gasteiger partial charge in [0.2, 0.25) is 5.78 Å². The highest BCUT2D eigenvalue weighted by atomic mass is 16.5. The number of hydrogen-bond donors (Lipinski definition) is 1. The molecular formula is C25H29NO6. The number of primary amides is 1. The summed E-state index contributed by atoms with van der Waals surface area (Å²) < 4.78 is 15.7. The molecule has 0 saturated heterocycles. The van der Waals surface area contributed by atoms with Gasteiger partial charge in [-0.3, -0.25) is 9.59 Å². The highest BCUT2D eigenvalue weighted by Gasteiger charge is 2.20. The molecule has 1 unspecified atom stereocenters. The number of rotatable bonds is 9. The molecule has 0 fully saturated rings. The molecule has 2 N–H and O–H groups in total. The first-order valence-corrected chi connectivity index (χ1v) is 10.1. The molecular weight excluding hydrogens is 410 g/mol. The molecule has 0 bridgehead atoms. The summed E-state index contributed by atoms with van der Waals surface area (Å²) in [5.41, 5.74) is 7.30. The summed E-state index contributed by atoms with van der Waals surface area (Å²) in [6, 6.07) is 12.2. The zero-order valence-corrected chi connectivity index (χ0v) is 19.0. The van der Waals surface area contributed by atoms with Crippen molar-refractivity contribution < 1.29 is 28.6 Å². The minimum atomic E-state index is -0.924. The van der Waals surface area contributed by atoms with Crippen LogP contribution in [0.5, 0.6) is 11.5 Å². The molecule has 32 heavy (non-hydrogen) atoms. The number of ketones is 1. The van der Waals surface area contributed by atoms with Crippen molar-refractivity contribution in [2.45, 2.75) is 39.2 Å². The SMILES string of the molecule is COc1cc(/C=C/C(=O)OC(C)C(=O)c2ccc(C(C)(C)C)cc2)ccc1OCC(N)=O. The Labute approximate surface area is 188 Å². The highest BCUT2D eigenvalue weighted by Crippen LogP contribution is 2.28. The molecule has 0 aromatic heterocycles. The number of hydrogen-bond acceptors (Lipinski definition) is 6. The fourth-order valence-electron chi connectivity index (χ4n) is 2.86. The molecule has 0 heterocycles. The summed E-state index contributed by atoms with van der Waals surface area (Å²) in [7, 11) is 1.45. The third-order valence-electron chi connectivity index (χ3n) is 4.67. The third kappa shape index (κ3) is 6.97. The van der Waals surface area contributed by atoms with Crippen LogP contribution in [0.25, 0.3) is 6.08 Å². The van der Waals surface area contributed by atoms with Crippen molar-refractivity contribution in [3.63, 3.8) is 0 Å². The summed E-state index contributed by atoms with van der Waals surface area (Å²) in [6.07, 6.45) is 1.83. The third-order valence-corrected chi connectivity index (χ3v) is 4.67. The first-order valence-electron chi connectivity index (χ1n) is 10.1. The molecule has 0 spiro atoms. The molecule has 1 atom stereocenters. The first kappa shape index (κ1) is 24.7. The number of benzene rings is 2. The Balaban J connectivity index is 2.00. The number of carbonyl (C=O) groups excluding carboxylic acids is 3. The lowest BCUT2D eigenvalue weighted by molar-refractivity contribution is -0.140. The normalized spacial score (nSPS) is 12.3. The number of carbonyl (C=O) groups is 3. The monoisotopic (exact) mass is 439 g/mol. The number of nitrogens with two attached hydrogens (primary N) is 1. The van der Waals surface area contributed by atoms with Crippen LogP contribution < -0.4 is 15.2 Å². The quantitative estimate of drug-likeness (QED) is 0.363. The van der Waals surface area contributed by atoms with E-state index in [2.05, 4.69) is 20.8 Å². The van der Waals surface area contributed by atoms with Gasteiger partial charge in [0, 0.05) is 11.6 Å². The van der Waals surface area contributed by atoms with Gasteiger partial charge < -0.3 is 19.9 Å². The van der Waals surface area contributed by atoms with E-state index in [4.69, 9.17) is 19.9 Å². The van der Waals surface area contributed by atoms with Crippen LogP contribution in [0.4, 0.5) is 0 Å². The topological polar surface area (TPSA) is 105 Å². The second-order valence-electron chi connectivity index (χ2n) is 8.27. The molecule has 0 radical (unpaired) electrons. The predicted octanol–water partition coefficient (Wildman–Crippen LogP) is 3.68. The molecule has 1 amide bonds. The largest absolute Gasteiger partial charge is 0.493 e. The van der Waals surface area contributed by atoms with E-state index in [0.717, 1.165) is 5.56 Å². The van der Waals surface area contributed by atoms with E-state index in [-0.39, 0.29) is 17.8 Å². The Morgan fingerprint density at radius 2 is 1.69 bits per heavy atom. The predicted molar refractivity (Wildman–Crippen MR) is 122 cm³/mol. The molecule has 0 aliphatic heterocycles. The molecule has 2 aromatic carbocycles. The van der Waals surface area contributed by atoms with Crippen molar-refractivity contribution in [2.24, 2.45) is 5.73 Å². The minimum Gasteiger partial charge on any atom is -0.493 e. The Morgan fingerprint density at radius 3 is 2.25 bits per heavy atom. The molecule has 0 aliphatic rings. The van der Waals surface area contributed by atoms with E-state index >= 15 is 0 Å². The van der Waals surface area contributed by atoms with Crippen LogP contribution in [0, 0.1) is 0 Å². The van der Waals surface area contributed by atoms with Gasteiger partial charge in [-0.05, 0) is 41.7 Å². The van der Waals surface area contributed by atoms with Gasteiger partial charge in [-0.2, -0.15) is 0 Å². The maximum Gasteiger partial charge on any atom is 0.331 e. The van der Waals surface area contributed by atoms with Crippen molar-refractivity contribution in [2.75, 3.05) is 13.7 Å². The van der Waals surface area contributed by atoms with Gasteiger partial charge >= 0.3 is 5.97 Å². The summed E-state index contributed by atoms with van der Waals surface area (Å²) in [5, 5.41) is 0. The average Bonchev–Trinajstić information content (AvgIpc) is 2.75. The highest BCUT2D eigenvalue weighted by molar-refractivity contribution is 6.01. The van der Waals surface area contributed by atoms with E-state index in [9.17, 15) is 14.4 Å². The van der Waals surface area contributed by atoms with Gasteiger partial charge in [-0.1, -0.05) is 51.1 Å². The van der Waals surface area contributed by atoms with E-state index in [1.807, 2.05) is 12.1 Å². The maximum atomic E-state index is 12.6. The molecule has 170 valence electrons. The van der Waals surface area contributed by atoms with Crippen molar-refractivity contribution in [3.05, 3.63) is 65.2 Å². The Hall–Kier alpha value is -3.61. The van der Waals surface area contributed by atoms with Crippen molar-refractivity contribution in [1.29, 1.82) is 0 Å². The minimum absolute atomic E-state index is 0.0146. The molecule has 0 aliphatic carbocycles. The van der Waals surface area contributed by atoms with Gasteiger partial charge in [0.05, 0.1) is 7.11 Å². The number of esters is 1. The van der Waals surface area contributed by atoms with Crippen LogP contribution in [0.1, 0.15) is 49.2 Å². The number of amides is 1. The van der Waals surface area contributed by atoms with Crippen molar-refractivity contribution >= 4 is 23.7 Å². The van der Waals surface area contributed by atoms with Gasteiger partial charge in [0.1, 0.15) is 0 Å². The lowest BCUT2D eigenvalue weighted by Gasteiger charge is -2.19. The van der Waals surface area contributed by atoms with Gasteiger partial charge in [0.15, 0.2) is 24.2 Å². The molecule has 2 rings (SSSR count). The standard InChI is InChI=1S/C25H29NO6/c1-16(24(29)18-8-10-19(11-9-18)25(2,3)4)32-23(28)13-7-17-6-12-20(21(14-17)30-5)31-15-22(26)27/h6-14,16H,15H2,1-5H3,(H2,26,27)/b13-7+. The average molecular weight is 440 g/mol. The van der Waals surface area contributed by atoms with Crippen LogP contribution in [0.2, 0.25) is 0 Å². The van der Waals surface area contributed by atoms with Crippen LogP contribution in [-0.4, -0.2) is 37.5 Å². The van der Waals surface area contributed by atoms with Crippen molar-refractivity contribution in [1.82, 2.24) is 0 Å². The summed E-state index contributed by atoms with van der Waals surface area (Å²) in [4.78, 5) is 35.6. The van der Waals surface area contributed by atoms with Crippen LogP contribution in [0.3, 0.4) is 0 Å². The van der Waals surface area contributed by atoms with E-state index < -0.39 is 18.0 Å². The van der Waals surface area contributed by atoms with Gasteiger partial charge in [-0.25, -0.2) is 4.79 Å². The van der Waals surface area contributed by atoms with Gasteiger partial charge in [-0.15, -0.1) is 0 Å².